The predicted molar refractivity (Wildman–Crippen MR) is 114 cm³/mol. The van der Waals surface area contributed by atoms with Gasteiger partial charge in [-0.05, 0) is 33.7 Å². The smallest absolute Gasteiger partial charge is 0.239 e. The van der Waals surface area contributed by atoms with Crippen LogP contribution in [0.3, 0.4) is 0 Å². The fourth-order valence-electron chi connectivity index (χ4n) is 3.79. The van der Waals surface area contributed by atoms with Crippen molar-refractivity contribution in [2.24, 2.45) is 4.99 Å². The van der Waals surface area contributed by atoms with E-state index < -0.39 is 0 Å². The van der Waals surface area contributed by atoms with Crippen LogP contribution in [-0.2, 0) is 9.53 Å². The molecule has 8 heteroatoms. The maximum absolute atomic E-state index is 12.7. The molecule has 2 aliphatic rings. The molecule has 0 aromatic heterocycles. The summed E-state index contributed by atoms with van der Waals surface area (Å²) >= 11 is 0. The molecule has 2 rings (SSSR count). The van der Waals surface area contributed by atoms with E-state index in [4.69, 9.17) is 9.73 Å². The Morgan fingerprint density at radius 1 is 1.11 bits per heavy atom. The second-order valence-corrected chi connectivity index (χ2v) is 7.76. The molecule has 0 radical (unpaired) electrons. The number of carbonyl (C=O) groups is 1. The van der Waals surface area contributed by atoms with E-state index in [-0.39, 0.29) is 6.04 Å². The van der Waals surface area contributed by atoms with Crippen LogP contribution in [0, 0.1) is 0 Å². The van der Waals surface area contributed by atoms with Gasteiger partial charge in [-0.25, -0.2) is 0 Å². The lowest BCUT2D eigenvalue weighted by Gasteiger charge is -2.39. The van der Waals surface area contributed by atoms with Crippen molar-refractivity contribution >= 4 is 11.9 Å². The molecule has 0 aliphatic carbocycles. The summed E-state index contributed by atoms with van der Waals surface area (Å²) in [5.74, 6) is 1.28. The Balaban J connectivity index is 1.80. The number of ether oxygens (including phenoxy) is 1. The summed E-state index contributed by atoms with van der Waals surface area (Å²) in [7, 11) is 3.83. The molecule has 2 saturated heterocycles. The van der Waals surface area contributed by atoms with Gasteiger partial charge in [0.1, 0.15) is 0 Å². The second-order valence-electron chi connectivity index (χ2n) is 7.76. The van der Waals surface area contributed by atoms with Gasteiger partial charge in [0, 0.05) is 66.0 Å². The van der Waals surface area contributed by atoms with Crippen molar-refractivity contribution < 1.29 is 9.53 Å². The quantitative estimate of drug-likeness (QED) is 0.442. The minimum atomic E-state index is -0.0193. The van der Waals surface area contributed by atoms with Crippen LogP contribution in [0.5, 0.6) is 0 Å². The number of likely N-dealkylation sites (tertiary alicyclic amines) is 1. The van der Waals surface area contributed by atoms with Gasteiger partial charge >= 0.3 is 0 Å². The molecule has 0 aromatic rings. The van der Waals surface area contributed by atoms with E-state index in [0.29, 0.717) is 5.91 Å². The zero-order valence-corrected chi connectivity index (χ0v) is 18.3. The van der Waals surface area contributed by atoms with E-state index in [1.54, 1.807) is 7.11 Å². The molecule has 0 saturated carbocycles. The molecule has 162 valence electrons. The summed E-state index contributed by atoms with van der Waals surface area (Å²) in [5, 5.41) is 3.42. The summed E-state index contributed by atoms with van der Waals surface area (Å²) in [6, 6.07) is -0.0193. The standard InChI is InChI=1S/C20H40N6O2/c1-5-21-20(22-8-11-23(3)16-17-28-4)26-14-12-24(13-15-26)18(2)19(27)25-9-6-7-10-25/h18H,5-17H2,1-4H3,(H,21,22). The summed E-state index contributed by atoms with van der Waals surface area (Å²) in [4.78, 5) is 26.4. The van der Waals surface area contributed by atoms with Crippen LogP contribution < -0.4 is 5.32 Å². The number of hydrogen-bond acceptors (Lipinski definition) is 5. The summed E-state index contributed by atoms with van der Waals surface area (Å²) < 4.78 is 5.12. The Morgan fingerprint density at radius 3 is 2.39 bits per heavy atom. The Kier molecular flexibility index (Phi) is 10.0. The average Bonchev–Trinajstić information content (AvgIpc) is 3.25. The second kappa shape index (κ2) is 12.2. The first-order valence-corrected chi connectivity index (χ1v) is 10.8. The van der Waals surface area contributed by atoms with Gasteiger partial charge in [-0.3, -0.25) is 14.7 Å². The van der Waals surface area contributed by atoms with Crippen molar-refractivity contribution in [2.75, 3.05) is 86.2 Å². The van der Waals surface area contributed by atoms with Crippen LogP contribution in [0.15, 0.2) is 4.99 Å². The molecule has 2 aliphatic heterocycles. The molecule has 0 spiro atoms. The average molecular weight is 397 g/mol. The third-order valence-corrected chi connectivity index (χ3v) is 5.69. The summed E-state index contributed by atoms with van der Waals surface area (Å²) in [5.41, 5.74) is 0. The summed E-state index contributed by atoms with van der Waals surface area (Å²) in [6.07, 6.45) is 2.30. The maximum Gasteiger partial charge on any atom is 0.239 e. The Morgan fingerprint density at radius 2 is 1.79 bits per heavy atom. The van der Waals surface area contributed by atoms with E-state index in [2.05, 4.69) is 40.9 Å². The minimum Gasteiger partial charge on any atom is -0.383 e. The van der Waals surface area contributed by atoms with Crippen molar-refractivity contribution in [2.45, 2.75) is 32.7 Å². The van der Waals surface area contributed by atoms with E-state index in [0.717, 1.165) is 90.9 Å². The first-order chi connectivity index (χ1) is 13.6. The lowest BCUT2D eigenvalue weighted by Crippen LogP contribution is -2.57. The van der Waals surface area contributed by atoms with Gasteiger partial charge in [-0.15, -0.1) is 0 Å². The van der Waals surface area contributed by atoms with Gasteiger partial charge in [0.15, 0.2) is 5.96 Å². The molecular formula is C20H40N6O2. The van der Waals surface area contributed by atoms with Crippen molar-refractivity contribution in [1.82, 2.24) is 24.9 Å². The van der Waals surface area contributed by atoms with Crippen LogP contribution in [-0.4, -0.2) is 124 Å². The number of methoxy groups -OCH3 is 1. The SMILES string of the molecule is CCNC(=NCCN(C)CCOC)N1CCN(C(C)C(=O)N2CCCC2)CC1. The molecule has 2 heterocycles. The number of carbonyl (C=O) groups excluding carboxylic acids is 1. The van der Waals surface area contributed by atoms with E-state index in [1.165, 1.54) is 0 Å². The molecule has 0 bridgehead atoms. The normalized spacial score (nSPS) is 20.1. The van der Waals surface area contributed by atoms with Crippen LogP contribution >= 0.6 is 0 Å². The van der Waals surface area contributed by atoms with Crippen molar-refractivity contribution in [3.8, 4) is 0 Å². The fraction of sp³-hybridized carbons (Fsp3) is 0.900. The number of nitrogens with one attached hydrogen (secondary N) is 1. The molecule has 8 nitrogen and oxygen atoms in total. The number of aliphatic imine (C=N–C) groups is 1. The molecule has 2 fully saturated rings. The van der Waals surface area contributed by atoms with Crippen LogP contribution in [0.2, 0.25) is 0 Å². The highest BCUT2D eigenvalue weighted by Gasteiger charge is 2.30. The first kappa shape index (κ1) is 22.9. The Labute approximate surface area is 170 Å². The van der Waals surface area contributed by atoms with Crippen molar-refractivity contribution in [3.05, 3.63) is 0 Å². The van der Waals surface area contributed by atoms with E-state index >= 15 is 0 Å². The number of amides is 1. The van der Waals surface area contributed by atoms with Gasteiger partial charge in [-0.1, -0.05) is 0 Å². The van der Waals surface area contributed by atoms with Crippen LogP contribution in [0.4, 0.5) is 0 Å². The number of rotatable bonds is 9. The molecule has 1 amide bonds. The fourth-order valence-corrected chi connectivity index (χ4v) is 3.79. The zero-order valence-electron chi connectivity index (χ0n) is 18.3. The number of nitrogens with zero attached hydrogens (tertiary/aromatic N) is 5. The molecule has 0 aromatic carbocycles. The predicted octanol–water partition coefficient (Wildman–Crippen LogP) is 0.159. The van der Waals surface area contributed by atoms with Crippen molar-refractivity contribution in [1.29, 1.82) is 0 Å². The van der Waals surface area contributed by atoms with Crippen LogP contribution in [0.25, 0.3) is 0 Å². The number of likely N-dealkylation sites (N-methyl/N-ethyl adjacent to an activating group) is 1. The number of guanidine groups is 1. The van der Waals surface area contributed by atoms with Gasteiger partial charge in [-0.2, -0.15) is 0 Å². The molecular weight excluding hydrogens is 356 g/mol. The van der Waals surface area contributed by atoms with Gasteiger partial charge < -0.3 is 24.8 Å². The highest BCUT2D eigenvalue weighted by molar-refractivity contribution is 5.82. The number of hydrogen-bond donors (Lipinski definition) is 1. The molecule has 1 atom stereocenters. The van der Waals surface area contributed by atoms with E-state index in [1.807, 2.05) is 4.90 Å². The Hall–Kier alpha value is -1.38. The highest BCUT2D eigenvalue weighted by atomic mass is 16.5. The lowest BCUT2D eigenvalue weighted by molar-refractivity contribution is -0.135. The van der Waals surface area contributed by atoms with Gasteiger partial charge in [0.2, 0.25) is 5.91 Å². The van der Waals surface area contributed by atoms with Gasteiger partial charge in [0.25, 0.3) is 0 Å². The maximum atomic E-state index is 12.7. The summed E-state index contributed by atoms with van der Waals surface area (Å²) in [6.45, 7) is 13.9. The largest absolute Gasteiger partial charge is 0.383 e. The topological polar surface area (TPSA) is 63.7 Å². The third kappa shape index (κ3) is 6.90. The van der Waals surface area contributed by atoms with Gasteiger partial charge in [0.05, 0.1) is 19.2 Å². The third-order valence-electron chi connectivity index (χ3n) is 5.69. The molecule has 28 heavy (non-hydrogen) atoms. The number of piperazine rings is 1. The zero-order chi connectivity index (χ0) is 20.4. The van der Waals surface area contributed by atoms with Crippen LogP contribution in [0.1, 0.15) is 26.7 Å². The Bertz CT molecular complexity index is 487. The first-order valence-electron chi connectivity index (χ1n) is 10.8. The minimum absolute atomic E-state index is 0.0193. The molecule has 1 unspecified atom stereocenters. The van der Waals surface area contributed by atoms with E-state index in [9.17, 15) is 4.79 Å². The van der Waals surface area contributed by atoms with Crippen molar-refractivity contribution in [3.63, 3.8) is 0 Å². The monoisotopic (exact) mass is 396 g/mol. The lowest BCUT2D eigenvalue weighted by atomic mass is 10.2. The molecule has 1 N–H and O–H groups in total. The highest BCUT2D eigenvalue weighted by Crippen LogP contribution is 2.14.